The molecule has 0 unspecified atom stereocenters. The Kier molecular flexibility index (Phi) is 8.20. The van der Waals surface area contributed by atoms with Crippen molar-refractivity contribution in [2.24, 2.45) is 0 Å². The first kappa shape index (κ1) is 24.1. The largest absolute Gasteiger partial charge is 0.508 e. The molecular formula is C29H29N3O3. The van der Waals surface area contributed by atoms with Crippen molar-refractivity contribution in [2.75, 3.05) is 31.1 Å². The average Bonchev–Trinajstić information content (AvgIpc) is 2.88. The molecule has 1 fully saturated rings. The van der Waals surface area contributed by atoms with Gasteiger partial charge in [0, 0.05) is 44.5 Å². The maximum atomic E-state index is 12.4. The van der Waals surface area contributed by atoms with Gasteiger partial charge in [-0.2, -0.15) is 0 Å². The number of aromatic hydroxyl groups is 1. The molecule has 2 aromatic carbocycles. The summed E-state index contributed by atoms with van der Waals surface area (Å²) < 4.78 is 0. The van der Waals surface area contributed by atoms with Gasteiger partial charge < -0.3 is 10.0 Å². The second kappa shape index (κ2) is 11.9. The van der Waals surface area contributed by atoms with Crippen molar-refractivity contribution < 1.29 is 14.7 Å². The zero-order valence-electron chi connectivity index (χ0n) is 19.6. The third kappa shape index (κ3) is 7.22. The molecule has 3 aromatic rings. The van der Waals surface area contributed by atoms with Gasteiger partial charge in [-0.05, 0) is 53.6 Å². The smallest absolute Gasteiger partial charge is 0.163 e. The number of ketones is 2. The van der Waals surface area contributed by atoms with Crippen LogP contribution in [0, 0.1) is 0 Å². The SMILES string of the molecule is O=C(/C=C/c1ccc(O)cc1)CC(=O)/C=C/c1cccnc1N1CCN(Cc2ccccc2)CC1. The molecule has 0 radical (unpaired) electrons. The van der Waals surface area contributed by atoms with Crippen molar-refractivity contribution in [3.63, 3.8) is 0 Å². The van der Waals surface area contributed by atoms with Crippen LogP contribution in [0.3, 0.4) is 0 Å². The number of pyridine rings is 1. The lowest BCUT2D eigenvalue weighted by atomic mass is 10.1. The summed E-state index contributed by atoms with van der Waals surface area (Å²) in [6.07, 6.45) is 7.80. The predicted molar refractivity (Wildman–Crippen MR) is 139 cm³/mol. The van der Waals surface area contributed by atoms with Gasteiger partial charge in [-0.1, -0.05) is 48.5 Å². The van der Waals surface area contributed by atoms with Crippen molar-refractivity contribution in [1.82, 2.24) is 9.88 Å². The van der Waals surface area contributed by atoms with Gasteiger partial charge in [-0.3, -0.25) is 14.5 Å². The molecule has 0 spiro atoms. The van der Waals surface area contributed by atoms with Gasteiger partial charge in [-0.15, -0.1) is 0 Å². The number of nitrogens with zero attached hydrogens (tertiary/aromatic N) is 3. The molecule has 6 heteroatoms. The minimum atomic E-state index is -0.270. The molecule has 0 bridgehead atoms. The van der Waals surface area contributed by atoms with Gasteiger partial charge in [0.25, 0.3) is 0 Å². The van der Waals surface area contributed by atoms with E-state index < -0.39 is 0 Å². The van der Waals surface area contributed by atoms with Crippen molar-refractivity contribution in [1.29, 1.82) is 0 Å². The Morgan fingerprint density at radius 3 is 2.23 bits per heavy atom. The number of carbonyl (C=O) groups is 2. The Morgan fingerprint density at radius 1 is 0.829 bits per heavy atom. The maximum absolute atomic E-state index is 12.4. The van der Waals surface area contributed by atoms with Crippen molar-refractivity contribution in [2.45, 2.75) is 13.0 Å². The first-order valence-corrected chi connectivity index (χ1v) is 11.7. The zero-order chi connectivity index (χ0) is 24.5. The maximum Gasteiger partial charge on any atom is 0.163 e. The summed E-state index contributed by atoms with van der Waals surface area (Å²) in [6, 6.07) is 20.8. The van der Waals surface area contributed by atoms with Crippen LogP contribution in [-0.4, -0.2) is 52.7 Å². The Morgan fingerprint density at radius 2 is 1.51 bits per heavy atom. The second-order valence-electron chi connectivity index (χ2n) is 8.53. The van der Waals surface area contributed by atoms with Crippen molar-refractivity contribution in [3.8, 4) is 5.75 Å². The fourth-order valence-corrected chi connectivity index (χ4v) is 4.01. The van der Waals surface area contributed by atoms with Crippen LogP contribution in [0.15, 0.2) is 85.1 Å². The number of rotatable bonds is 9. The summed E-state index contributed by atoms with van der Waals surface area (Å²) in [5.74, 6) is 0.494. The molecule has 0 atom stereocenters. The first-order valence-electron chi connectivity index (χ1n) is 11.7. The second-order valence-corrected chi connectivity index (χ2v) is 8.53. The van der Waals surface area contributed by atoms with E-state index in [-0.39, 0.29) is 23.7 Å². The highest BCUT2D eigenvalue weighted by Gasteiger charge is 2.19. The summed E-state index contributed by atoms with van der Waals surface area (Å²) in [5.41, 5.74) is 2.96. The molecule has 2 heterocycles. The van der Waals surface area contributed by atoms with E-state index in [1.165, 1.54) is 17.7 Å². The number of hydrogen-bond donors (Lipinski definition) is 1. The molecule has 1 saturated heterocycles. The molecule has 0 aliphatic carbocycles. The fourth-order valence-electron chi connectivity index (χ4n) is 4.01. The summed E-state index contributed by atoms with van der Waals surface area (Å²) in [6.45, 7) is 4.54. The normalized spacial score (nSPS) is 14.6. The molecule has 6 nitrogen and oxygen atoms in total. The molecule has 1 aromatic heterocycles. The Bertz CT molecular complexity index is 1200. The van der Waals surface area contributed by atoms with E-state index in [1.54, 1.807) is 42.6 Å². The van der Waals surface area contributed by atoms with Gasteiger partial charge in [-0.25, -0.2) is 4.98 Å². The lowest BCUT2D eigenvalue weighted by Crippen LogP contribution is -2.46. The molecule has 1 aliphatic rings. The van der Waals surface area contributed by atoms with Crippen LogP contribution in [-0.2, 0) is 16.1 Å². The summed E-state index contributed by atoms with van der Waals surface area (Å²) in [5, 5.41) is 9.32. The van der Waals surface area contributed by atoms with E-state index in [0.717, 1.165) is 49.7 Å². The van der Waals surface area contributed by atoms with Crippen LogP contribution in [0.1, 0.15) is 23.1 Å². The third-order valence-electron chi connectivity index (χ3n) is 5.89. The highest BCUT2D eigenvalue weighted by atomic mass is 16.3. The third-order valence-corrected chi connectivity index (χ3v) is 5.89. The van der Waals surface area contributed by atoms with Crippen molar-refractivity contribution >= 4 is 29.5 Å². The summed E-state index contributed by atoms with van der Waals surface area (Å²) in [4.78, 5) is 33.8. The Hall–Kier alpha value is -4.03. The van der Waals surface area contributed by atoms with Gasteiger partial charge >= 0.3 is 0 Å². The first-order chi connectivity index (χ1) is 17.1. The van der Waals surface area contributed by atoms with E-state index in [2.05, 4.69) is 39.0 Å². The monoisotopic (exact) mass is 467 g/mol. The summed E-state index contributed by atoms with van der Waals surface area (Å²) in [7, 11) is 0. The number of anilines is 1. The number of piperazine rings is 1. The number of carbonyl (C=O) groups excluding carboxylic acids is 2. The number of allylic oxidation sites excluding steroid dienone is 2. The number of phenolic OH excluding ortho intramolecular Hbond substituents is 1. The van der Waals surface area contributed by atoms with Crippen LogP contribution in [0.25, 0.3) is 12.2 Å². The number of benzene rings is 2. The summed E-state index contributed by atoms with van der Waals surface area (Å²) >= 11 is 0. The van der Waals surface area contributed by atoms with Gasteiger partial charge in [0.1, 0.15) is 11.6 Å². The van der Waals surface area contributed by atoms with E-state index in [9.17, 15) is 14.7 Å². The van der Waals surface area contributed by atoms with E-state index in [4.69, 9.17) is 0 Å². The van der Waals surface area contributed by atoms with Crippen LogP contribution in [0.5, 0.6) is 5.75 Å². The van der Waals surface area contributed by atoms with Gasteiger partial charge in [0.05, 0.1) is 6.42 Å². The molecular weight excluding hydrogens is 438 g/mol. The lowest BCUT2D eigenvalue weighted by molar-refractivity contribution is -0.121. The molecule has 0 amide bonds. The fraction of sp³-hybridized carbons (Fsp3) is 0.207. The Balaban J connectivity index is 1.31. The van der Waals surface area contributed by atoms with Crippen LogP contribution in [0.4, 0.5) is 5.82 Å². The van der Waals surface area contributed by atoms with Gasteiger partial charge in [0.2, 0.25) is 0 Å². The van der Waals surface area contributed by atoms with Gasteiger partial charge in [0.15, 0.2) is 11.6 Å². The molecule has 35 heavy (non-hydrogen) atoms. The zero-order valence-corrected chi connectivity index (χ0v) is 19.6. The molecule has 178 valence electrons. The minimum absolute atomic E-state index is 0.164. The number of aromatic nitrogens is 1. The lowest BCUT2D eigenvalue weighted by Gasteiger charge is -2.36. The number of hydrogen-bond acceptors (Lipinski definition) is 6. The molecule has 1 N–H and O–H groups in total. The molecule has 1 aliphatic heterocycles. The van der Waals surface area contributed by atoms with Crippen molar-refractivity contribution in [3.05, 3.63) is 102 Å². The highest BCUT2D eigenvalue weighted by Crippen LogP contribution is 2.21. The topological polar surface area (TPSA) is 73.7 Å². The van der Waals surface area contributed by atoms with Crippen LogP contribution >= 0.6 is 0 Å². The highest BCUT2D eigenvalue weighted by molar-refractivity contribution is 6.11. The van der Waals surface area contributed by atoms with E-state index in [1.807, 2.05) is 18.2 Å². The molecule has 0 saturated carbocycles. The van der Waals surface area contributed by atoms with Crippen LogP contribution in [0.2, 0.25) is 0 Å². The quantitative estimate of drug-likeness (QED) is 0.372. The number of phenols is 1. The molecule has 4 rings (SSSR count). The van der Waals surface area contributed by atoms with E-state index >= 15 is 0 Å². The Labute approximate surface area is 205 Å². The minimum Gasteiger partial charge on any atom is -0.508 e. The van der Waals surface area contributed by atoms with E-state index in [0.29, 0.717) is 0 Å². The van der Waals surface area contributed by atoms with Crippen LogP contribution < -0.4 is 4.90 Å². The average molecular weight is 468 g/mol. The predicted octanol–water partition coefficient (Wildman–Crippen LogP) is 4.36. The standard InChI is InChI=1S/C29H29N3O3/c33-26-12-8-23(9-13-26)10-14-27(34)21-28(35)15-11-25-7-4-16-30-29(25)32-19-17-31(18-20-32)22-24-5-2-1-3-6-24/h1-16,33H,17-22H2/b14-10+,15-11+.